The van der Waals surface area contributed by atoms with Gasteiger partial charge in [-0.05, 0) is 123 Å². The Bertz CT molecular complexity index is 2460. The number of imide groups is 2. The molecule has 11 heteroatoms. The summed E-state index contributed by atoms with van der Waals surface area (Å²) in [5, 5.41) is 11.6. The van der Waals surface area contributed by atoms with Gasteiger partial charge in [0.25, 0.3) is 17.7 Å². The van der Waals surface area contributed by atoms with E-state index in [9.17, 15) is 29.2 Å². The van der Waals surface area contributed by atoms with Crippen LogP contribution in [0.3, 0.4) is 0 Å². The van der Waals surface area contributed by atoms with Crippen molar-refractivity contribution >= 4 is 35.2 Å². The van der Waals surface area contributed by atoms with Crippen molar-refractivity contribution in [2.75, 3.05) is 18.0 Å². The SMILES string of the molecule is Cc1cc(OC2C(C)(C)C(N3Cc4cc(C#CC5CCC(CCC6CN(c7ccc8c(c7)C(=O)N(C7CCC(=O)NC7=O)C8=O)C6)CC5)ccc4C3=O)C2(C)C)ccc1C#N. The van der Waals surface area contributed by atoms with Crippen molar-refractivity contribution in [1.82, 2.24) is 15.1 Å². The third-order valence-corrected chi connectivity index (χ3v) is 14.6. The fourth-order valence-electron chi connectivity index (χ4n) is 11.7. The van der Waals surface area contributed by atoms with Gasteiger partial charge in [0.15, 0.2) is 0 Å². The molecule has 3 aromatic rings. The number of fused-ring (bicyclic) bond motifs is 2. The molecule has 0 radical (unpaired) electrons. The van der Waals surface area contributed by atoms with Crippen LogP contribution < -0.4 is 15.0 Å². The van der Waals surface area contributed by atoms with Crippen molar-refractivity contribution in [2.45, 2.75) is 111 Å². The molecule has 314 valence electrons. The lowest BCUT2D eigenvalue weighted by molar-refractivity contribution is -0.199. The third-order valence-electron chi connectivity index (χ3n) is 14.6. The van der Waals surface area contributed by atoms with E-state index in [1.807, 2.05) is 42.2 Å². The number of hydrogen-bond acceptors (Lipinski definition) is 8. The summed E-state index contributed by atoms with van der Waals surface area (Å²) in [4.78, 5) is 69.5. The van der Waals surface area contributed by atoms with Gasteiger partial charge in [0, 0.05) is 65.7 Å². The number of nitrogens with zero attached hydrogens (tertiary/aromatic N) is 4. The Labute approximate surface area is 357 Å². The number of ether oxygens (including phenoxy) is 1. The zero-order chi connectivity index (χ0) is 43.0. The maximum Gasteiger partial charge on any atom is 0.262 e. The normalized spacial score (nSPS) is 26.4. The van der Waals surface area contributed by atoms with Crippen molar-refractivity contribution in [3.63, 3.8) is 0 Å². The first-order valence-electron chi connectivity index (χ1n) is 21.9. The number of hydrogen-bond donors (Lipinski definition) is 1. The van der Waals surface area contributed by atoms with Crippen LogP contribution in [0.15, 0.2) is 54.6 Å². The Morgan fingerprint density at radius 1 is 0.787 bits per heavy atom. The van der Waals surface area contributed by atoms with Crippen molar-refractivity contribution in [2.24, 2.45) is 28.6 Å². The molecule has 6 aliphatic rings. The summed E-state index contributed by atoms with van der Waals surface area (Å²) in [7, 11) is 0. The lowest BCUT2D eigenvalue weighted by Crippen LogP contribution is -2.74. The van der Waals surface area contributed by atoms with E-state index in [2.05, 4.69) is 61.9 Å². The van der Waals surface area contributed by atoms with Crippen molar-refractivity contribution in [1.29, 1.82) is 5.26 Å². The molecule has 4 heterocycles. The standard InChI is InChI=1S/C50H53N5O6/c1-29-22-37(17-15-34(29)25-51)61-48-49(2,3)47(50(48,4)5)54-28-35-23-32(14-18-38(35)44(54)58)12-10-30-6-8-31(9-7-30)11-13-33-26-53(27-33)36-16-19-39-40(24-36)46(60)55(45(39)59)41-20-21-42(56)52-43(41)57/h14-19,22-24,30-31,33,41,47-48H,6-9,11,13,20-21,26-28H2,1-5H3,(H,52,56,57). The van der Waals surface area contributed by atoms with Crippen LogP contribution in [0, 0.1) is 58.7 Å². The van der Waals surface area contributed by atoms with E-state index in [-0.39, 0.29) is 47.6 Å². The Balaban J connectivity index is 0.736. The lowest BCUT2D eigenvalue weighted by Gasteiger charge is -2.65. The number of rotatable bonds is 8. The molecule has 2 saturated heterocycles. The number of nitriles is 1. The van der Waals surface area contributed by atoms with Gasteiger partial charge in [0.05, 0.1) is 22.8 Å². The Kier molecular flexibility index (Phi) is 10.1. The molecule has 3 aromatic carbocycles. The minimum absolute atomic E-state index is 0.0105. The molecule has 11 nitrogen and oxygen atoms in total. The van der Waals surface area contributed by atoms with Crippen LogP contribution in [0.4, 0.5) is 5.69 Å². The molecule has 0 aromatic heterocycles. The van der Waals surface area contributed by atoms with Crippen LogP contribution in [0.2, 0.25) is 0 Å². The minimum Gasteiger partial charge on any atom is -0.489 e. The molecular weight excluding hydrogens is 767 g/mol. The second-order valence-corrected chi connectivity index (χ2v) is 19.4. The zero-order valence-corrected chi connectivity index (χ0v) is 35.7. The van der Waals surface area contributed by atoms with E-state index in [1.54, 1.807) is 18.2 Å². The Hall–Kier alpha value is -5.94. The molecule has 2 saturated carbocycles. The van der Waals surface area contributed by atoms with E-state index in [4.69, 9.17) is 4.74 Å². The largest absolute Gasteiger partial charge is 0.489 e. The number of aryl methyl sites for hydroxylation is 1. The highest BCUT2D eigenvalue weighted by Crippen LogP contribution is 2.59. The highest BCUT2D eigenvalue weighted by Gasteiger charge is 2.67. The molecule has 4 fully saturated rings. The molecule has 0 spiro atoms. The van der Waals surface area contributed by atoms with E-state index in [1.165, 1.54) is 19.3 Å². The second kappa shape index (κ2) is 15.2. The second-order valence-electron chi connectivity index (χ2n) is 19.4. The van der Waals surface area contributed by atoms with Gasteiger partial charge < -0.3 is 14.5 Å². The Morgan fingerprint density at radius 2 is 1.49 bits per heavy atom. The zero-order valence-electron chi connectivity index (χ0n) is 35.7. The smallest absolute Gasteiger partial charge is 0.262 e. The average molecular weight is 820 g/mol. The molecule has 1 unspecified atom stereocenters. The average Bonchev–Trinajstić information content (AvgIpc) is 3.65. The monoisotopic (exact) mass is 819 g/mol. The molecule has 61 heavy (non-hydrogen) atoms. The summed E-state index contributed by atoms with van der Waals surface area (Å²) >= 11 is 0. The van der Waals surface area contributed by atoms with E-state index in [0.717, 1.165) is 70.9 Å². The predicted molar refractivity (Wildman–Crippen MR) is 228 cm³/mol. The number of piperidine rings is 1. The van der Waals surface area contributed by atoms with Crippen LogP contribution in [-0.4, -0.2) is 70.6 Å². The van der Waals surface area contributed by atoms with Crippen LogP contribution in [-0.2, 0) is 16.1 Å². The van der Waals surface area contributed by atoms with E-state index < -0.39 is 23.8 Å². The molecule has 1 atom stereocenters. The van der Waals surface area contributed by atoms with Gasteiger partial charge >= 0.3 is 0 Å². The van der Waals surface area contributed by atoms with Crippen LogP contribution in [0.25, 0.3) is 0 Å². The fourth-order valence-corrected chi connectivity index (χ4v) is 11.7. The first-order chi connectivity index (χ1) is 29.1. The highest BCUT2D eigenvalue weighted by atomic mass is 16.5. The van der Waals surface area contributed by atoms with Gasteiger partial charge in [0.2, 0.25) is 11.8 Å². The maximum absolute atomic E-state index is 13.8. The molecule has 4 aliphatic heterocycles. The molecule has 9 rings (SSSR count). The minimum atomic E-state index is -0.961. The highest BCUT2D eigenvalue weighted by molar-refractivity contribution is 6.23. The molecule has 5 amide bonds. The molecule has 2 aliphatic carbocycles. The van der Waals surface area contributed by atoms with Crippen molar-refractivity contribution in [3.8, 4) is 23.7 Å². The number of benzene rings is 3. The molecule has 0 bridgehead atoms. The van der Waals surface area contributed by atoms with Gasteiger partial charge in [0.1, 0.15) is 17.9 Å². The number of anilines is 1. The van der Waals surface area contributed by atoms with Crippen molar-refractivity contribution in [3.05, 3.63) is 93.5 Å². The fraction of sp³-hybridized carbons (Fsp3) is 0.480. The van der Waals surface area contributed by atoms with Crippen LogP contribution in [0.5, 0.6) is 5.75 Å². The van der Waals surface area contributed by atoms with Gasteiger partial charge in [-0.15, -0.1) is 0 Å². The first kappa shape index (κ1) is 40.5. The van der Waals surface area contributed by atoms with Gasteiger partial charge in [-0.3, -0.25) is 34.2 Å². The van der Waals surface area contributed by atoms with Crippen LogP contribution >= 0.6 is 0 Å². The summed E-state index contributed by atoms with van der Waals surface area (Å²) in [6, 6.07) is 18.2. The summed E-state index contributed by atoms with van der Waals surface area (Å²) in [6.07, 6.45) is 7.04. The summed E-state index contributed by atoms with van der Waals surface area (Å²) in [5.74, 6) is 7.56. The quantitative estimate of drug-likeness (QED) is 0.186. The molecular formula is C50H53N5O6. The summed E-state index contributed by atoms with van der Waals surface area (Å²) in [5.41, 5.74) is 5.25. The first-order valence-corrected chi connectivity index (χ1v) is 21.9. The summed E-state index contributed by atoms with van der Waals surface area (Å²) in [6.45, 7) is 13.0. The number of nitrogens with one attached hydrogen (secondary N) is 1. The van der Waals surface area contributed by atoms with Gasteiger partial charge in [-0.25, -0.2) is 0 Å². The van der Waals surface area contributed by atoms with Crippen LogP contribution in [0.1, 0.15) is 132 Å². The molecule has 1 N–H and O–H groups in total. The van der Waals surface area contributed by atoms with E-state index in [0.29, 0.717) is 41.0 Å². The van der Waals surface area contributed by atoms with Gasteiger partial charge in [-0.2, -0.15) is 5.26 Å². The maximum atomic E-state index is 13.8. The van der Waals surface area contributed by atoms with E-state index >= 15 is 0 Å². The Morgan fingerprint density at radius 3 is 2.20 bits per heavy atom. The van der Waals surface area contributed by atoms with Gasteiger partial charge in [-0.1, -0.05) is 46.0 Å². The number of carbonyl (C=O) groups is 5. The lowest BCUT2D eigenvalue weighted by atomic mass is 9.49. The van der Waals surface area contributed by atoms with Crippen molar-refractivity contribution < 1.29 is 28.7 Å². The predicted octanol–water partition coefficient (Wildman–Crippen LogP) is 7.18. The number of carbonyl (C=O) groups excluding carboxylic acids is 5. The summed E-state index contributed by atoms with van der Waals surface area (Å²) < 4.78 is 6.57. The topological polar surface area (TPSA) is 140 Å². The number of amides is 5. The third kappa shape index (κ3) is 7.06.